The Morgan fingerprint density at radius 2 is 1.35 bits per heavy atom. The molecule has 4 atom stereocenters. The second-order valence-electron chi connectivity index (χ2n) is 14.7. The van der Waals surface area contributed by atoms with E-state index in [-0.39, 0.29) is 37.0 Å². The van der Waals surface area contributed by atoms with Gasteiger partial charge in [-0.3, -0.25) is 54.0 Å². The Balaban J connectivity index is 0.000000323. The third-order valence-electron chi connectivity index (χ3n) is 9.16. The number of carbonyl (C=O) groups is 7. The molecule has 0 aliphatic carbocycles. The van der Waals surface area contributed by atoms with E-state index in [0.29, 0.717) is 30.4 Å². The fourth-order valence-electron chi connectivity index (χ4n) is 6.28. The number of rotatable bonds is 21. The van der Waals surface area contributed by atoms with E-state index in [2.05, 4.69) is 15.6 Å². The summed E-state index contributed by atoms with van der Waals surface area (Å²) in [5.41, 5.74) is 1.63. The molecule has 0 fully saturated rings. The van der Waals surface area contributed by atoms with Crippen molar-refractivity contribution in [2.75, 3.05) is 42.7 Å². The van der Waals surface area contributed by atoms with E-state index in [4.69, 9.17) is 19.3 Å². The van der Waals surface area contributed by atoms with Crippen LogP contribution in [0.4, 0.5) is 11.4 Å². The summed E-state index contributed by atoms with van der Waals surface area (Å²) in [4.78, 5) is 89.3. The van der Waals surface area contributed by atoms with Crippen molar-refractivity contribution in [1.29, 1.82) is 0 Å². The number of benzene rings is 2. The summed E-state index contributed by atoms with van der Waals surface area (Å²) in [6.07, 6.45) is 1.37. The molecular formula is C41H55N5O14. The molecule has 0 saturated heterocycles. The van der Waals surface area contributed by atoms with E-state index in [1.165, 1.54) is 17.0 Å². The van der Waals surface area contributed by atoms with E-state index in [1.54, 1.807) is 44.3 Å². The predicted octanol–water partition coefficient (Wildman–Crippen LogP) is 3.35. The number of aromatic amines is 1. The SMILES string of the molecule is CC(C)CC(NC(CCC(=O)O)C(=O)O)C(=O)N(CC(=O)O)c1ccc2c(c1)OCCO2.CCOC(=O)C(C)NC(C(=O)N(CC(=O)O)c1ccc2[nH]ccc2c1)C(C)C. The number of aromatic nitrogens is 1. The van der Waals surface area contributed by atoms with Gasteiger partial charge in [0.15, 0.2) is 11.5 Å². The lowest BCUT2D eigenvalue weighted by Crippen LogP contribution is -2.54. The number of fused-ring (bicyclic) bond motifs is 2. The number of aliphatic carboxylic acids is 4. The van der Waals surface area contributed by atoms with Crippen molar-refractivity contribution in [1.82, 2.24) is 15.6 Å². The number of hydrogen-bond acceptors (Lipinski definition) is 12. The Kier molecular flexibility index (Phi) is 18.3. The number of carbonyl (C=O) groups excluding carboxylic acids is 3. The van der Waals surface area contributed by atoms with Crippen molar-refractivity contribution in [2.24, 2.45) is 11.8 Å². The zero-order valence-electron chi connectivity index (χ0n) is 34.5. The van der Waals surface area contributed by atoms with E-state index in [1.807, 2.05) is 33.8 Å². The zero-order valence-corrected chi connectivity index (χ0v) is 34.5. The van der Waals surface area contributed by atoms with Crippen LogP contribution in [-0.2, 0) is 38.3 Å². The summed E-state index contributed by atoms with van der Waals surface area (Å²) in [6, 6.07) is 7.93. The molecule has 19 heteroatoms. The lowest BCUT2D eigenvalue weighted by molar-refractivity contribution is -0.146. The molecule has 1 aliphatic heterocycles. The van der Waals surface area contributed by atoms with Crippen LogP contribution in [0.3, 0.4) is 0 Å². The van der Waals surface area contributed by atoms with Crippen LogP contribution in [0.15, 0.2) is 48.7 Å². The number of hydrogen-bond donors (Lipinski definition) is 7. The lowest BCUT2D eigenvalue weighted by Gasteiger charge is -2.30. The molecule has 0 radical (unpaired) electrons. The van der Waals surface area contributed by atoms with Gasteiger partial charge in [-0.25, -0.2) is 0 Å². The molecular weight excluding hydrogens is 786 g/mol. The summed E-state index contributed by atoms with van der Waals surface area (Å²) in [7, 11) is 0. The Morgan fingerprint density at radius 3 is 1.92 bits per heavy atom. The van der Waals surface area contributed by atoms with Gasteiger partial charge >= 0.3 is 29.8 Å². The zero-order chi connectivity index (χ0) is 44.7. The highest BCUT2D eigenvalue weighted by molar-refractivity contribution is 6.03. The highest BCUT2D eigenvalue weighted by Gasteiger charge is 2.34. The van der Waals surface area contributed by atoms with Crippen LogP contribution in [0, 0.1) is 11.8 Å². The normalized spacial score (nSPS) is 13.9. The molecule has 4 unspecified atom stereocenters. The van der Waals surface area contributed by atoms with Crippen LogP contribution in [0.2, 0.25) is 0 Å². The first kappa shape index (κ1) is 48.2. The molecule has 7 N–H and O–H groups in total. The number of amides is 2. The second kappa shape index (κ2) is 22.8. The second-order valence-corrected chi connectivity index (χ2v) is 14.7. The Bertz CT molecular complexity index is 1980. The third-order valence-corrected chi connectivity index (χ3v) is 9.16. The average Bonchev–Trinajstić information content (AvgIpc) is 3.66. The number of carboxylic acids is 4. The van der Waals surface area contributed by atoms with Gasteiger partial charge in [0.1, 0.15) is 38.4 Å². The Morgan fingerprint density at radius 1 is 0.750 bits per heavy atom. The molecule has 0 bridgehead atoms. The maximum atomic E-state index is 13.4. The van der Waals surface area contributed by atoms with Gasteiger partial charge in [-0.15, -0.1) is 0 Å². The van der Waals surface area contributed by atoms with Gasteiger partial charge in [0, 0.05) is 41.0 Å². The minimum Gasteiger partial charge on any atom is -0.486 e. The van der Waals surface area contributed by atoms with Crippen LogP contribution in [0.5, 0.6) is 11.5 Å². The fraction of sp³-hybridized carbons (Fsp3) is 0.488. The van der Waals surface area contributed by atoms with Crippen LogP contribution in [-0.4, -0.2) is 124 Å². The van der Waals surface area contributed by atoms with E-state index >= 15 is 0 Å². The number of nitrogens with one attached hydrogen (secondary N) is 3. The fourth-order valence-corrected chi connectivity index (χ4v) is 6.28. The van der Waals surface area contributed by atoms with Crippen LogP contribution in [0.1, 0.15) is 60.8 Å². The first-order valence-corrected chi connectivity index (χ1v) is 19.5. The molecule has 1 aromatic heterocycles. The number of anilines is 2. The standard InChI is InChI=1S/C21H28N2O9.C20H27N3O5/c1-12(2)9-15(22-14(21(29)30)4-6-18(24)25)20(28)23(11-19(26)27)13-3-5-16-17(10-13)32-8-7-31-16;1-5-28-20(27)13(4)22-18(12(2)3)19(26)23(11-17(24)25)15-6-7-16-14(10-15)8-9-21-16/h3,5,10,12,14-15,22H,4,6-9,11H2,1-2H3,(H,24,25)(H,26,27)(H,29,30);6-10,12-13,18,21-22H,5,11H2,1-4H3,(H,24,25). The molecule has 1 aliphatic rings. The predicted molar refractivity (Wildman–Crippen MR) is 218 cm³/mol. The number of esters is 1. The number of H-pyrrole nitrogens is 1. The van der Waals surface area contributed by atoms with E-state index < -0.39 is 85.3 Å². The molecule has 19 nitrogen and oxygen atoms in total. The van der Waals surface area contributed by atoms with Crippen molar-refractivity contribution in [3.63, 3.8) is 0 Å². The topological polar surface area (TPSA) is 274 Å². The molecule has 2 heterocycles. The minimum absolute atomic E-state index is 0.0303. The molecule has 4 rings (SSSR count). The van der Waals surface area contributed by atoms with Crippen molar-refractivity contribution in [2.45, 2.75) is 85.0 Å². The highest BCUT2D eigenvalue weighted by atomic mass is 16.6. The smallest absolute Gasteiger partial charge is 0.323 e. The van der Waals surface area contributed by atoms with Crippen molar-refractivity contribution in [3.8, 4) is 11.5 Å². The molecule has 2 amide bonds. The average molecular weight is 842 g/mol. The Labute approximate surface area is 347 Å². The highest BCUT2D eigenvalue weighted by Crippen LogP contribution is 2.34. The van der Waals surface area contributed by atoms with Gasteiger partial charge in [-0.2, -0.15) is 0 Å². The molecule has 60 heavy (non-hydrogen) atoms. The maximum Gasteiger partial charge on any atom is 0.323 e. The van der Waals surface area contributed by atoms with E-state index in [0.717, 1.165) is 15.8 Å². The quantitative estimate of drug-likeness (QED) is 0.0758. The van der Waals surface area contributed by atoms with Gasteiger partial charge in [0.2, 0.25) is 11.8 Å². The molecule has 0 spiro atoms. The van der Waals surface area contributed by atoms with Crippen molar-refractivity contribution >= 4 is 63.9 Å². The molecule has 2 aromatic carbocycles. The van der Waals surface area contributed by atoms with Crippen molar-refractivity contribution < 1.29 is 68.2 Å². The summed E-state index contributed by atoms with van der Waals surface area (Å²) in [5, 5.41) is 43.7. The summed E-state index contributed by atoms with van der Waals surface area (Å²) in [6.45, 7) is 10.5. The van der Waals surface area contributed by atoms with Gasteiger partial charge in [0.05, 0.1) is 18.7 Å². The number of nitrogens with zero attached hydrogens (tertiary/aromatic N) is 2. The minimum atomic E-state index is -1.29. The first-order valence-electron chi connectivity index (χ1n) is 19.5. The summed E-state index contributed by atoms with van der Waals surface area (Å²) >= 11 is 0. The van der Waals surface area contributed by atoms with E-state index in [9.17, 15) is 48.9 Å². The Hall–Kier alpha value is -6.21. The largest absolute Gasteiger partial charge is 0.486 e. The first-order chi connectivity index (χ1) is 28.3. The molecule has 328 valence electrons. The maximum absolute atomic E-state index is 13.4. The number of ether oxygens (including phenoxy) is 3. The molecule has 3 aromatic rings. The summed E-state index contributed by atoms with van der Waals surface area (Å²) < 4.78 is 16.0. The van der Waals surface area contributed by atoms with Crippen LogP contribution in [0.25, 0.3) is 10.9 Å². The van der Waals surface area contributed by atoms with Gasteiger partial charge in [0.25, 0.3) is 0 Å². The van der Waals surface area contributed by atoms with Crippen LogP contribution < -0.4 is 29.9 Å². The lowest BCUT2D eigenvalue weighted by atomic mass is 10.00. The van der Waals surface area contributed by atoms with Crippen molar-refractivity contribution in [3.05, 3.63) is 48.7 Å². The third kappa shape index (κ3) is 14.3. The number of carboxylic acid groups (broad SMARTS) is 4. The van der Waals surface area contributed by atoms with Crippen LogP contribution >= 0.6 is 0 Å². The van der Waals surface area contributed by atoms with Gasteiger partial charge < -0.3 is 39.6 Å². The monoisotopic (exact) mass is 841 g/mol. The summed E-state index contributed by atoms with van der Waals surface area (Å²) in [5.74, 6) is -5.70. The van der Waals surface area contributed by atoms with Gasteiger partial charge in [-0.1, -0.05) is 27.7 Å². The van der Waals surface area contributed by atoms with Gasteiger partial charge in [-0.05, 0) is 74.9 Å². The molecule has 0 saturated carbocycles.